The summed E-state index contributed by atoms with van der Waals surface area (Å²) in [7, 11) is -10.6. The van der Waals surface area contributed by atoms with Gasteiger partial charge in [0.25, 0.3) is 5.56 Å². The quantitative estimate of drug-likeness (QED) is 0.147. The van der Waals surface area contributed by atoms with Crippen molar-refractivity contribution >= 4 is 15.6 Å². The molecule has 0 aliphatic carbocycles. The van der Waals surface area contributed by atoms with Gasteiger partial charge in [0.2, 0.25) is 0 Å². The number of aliphatic hydroxyl groups excluding tert-OH is 1. The number of nitrogens with one attached hydrogen (secondary N) is 1. The number of azide groups is 1. The Morgan fingerprint density at radius 2 is 2.04 bits per heavy atom. The van der Waals surface area contributed by atoms with Gasteiger partial charge in [0.15, 0.2) is 0 Å². The van der Waals surface area contributed by atoms with Crippen molar-refractivity contribution in [3.8, 4) is 0 Å². The fraction of sp³-hybridized carbons (Fsp3) is 0.556. The molecule has 1 saturated heterocycles. The molecule has 5 atom stereocenters. The minimum atomic E-state index is -5.34. The Labute approximate surface area is 148 Å². The van der Waals surface area contributed by atoms with Crippen LogP contribution < -0.4 is 11.2 Å². The third-order valence-electron chi connectivity index (χ3n) is 3.26. The second-order valence-electron chi connectivity index (χ2n) is 5.11. The van der Waals surface area contributed by atoms with Gasteiger partial charge in [0, 0.05) is 17.2 Å². The van der Waals surface area contributed by atoms with E-state index in [2.05, 4.69) is 18.9 Å². The number of aliphatic hydroxyl groups is 1. The zero-order valence-corrected chi connectivity index (χ0v) is 14.8. The summed E-state index contributed by atoms with van der Waals surface area (Å²) in [5.74, 6) is 0. The van der Waals surface area contributed by atoms with Crippen LogP contribution in [-0.2, 0) is 22.7 Å². The Morgan fingerprint density at radius 3 is 2.59 bits per heavy atom. The highest BCUT2D eigenvalue weighted by Gasteiger charge is 2.46. The average Bonchev–Trinajstić information content (AvgIpc) is 2.80. The van der Waals surface area contributed by atoms with Crippen LogP contribution in [0.1, 0.15) is 6.23 Å². The Bertz CT molecular complexity index is 948. The van der Waals surface area contributed by atoms with Gasteiger partial charge < -0.3 is 24.5 Å². The number of aromatic nitrogens is 2. The maximum Gasteiger partial charge on any atom is 0.481 e. The number of phosphoric ester groups is 1. The molecule has 0 amide bonds. The number of hydrogen-bond acceptors (Lipinski definition) is 9. The smallest absolute Gasteiger partial charge is 0.390 e. The molecule has 150 valence electrons. The van der Waals surface area contributed by atoms with E-state index in [0.717, 1.165) is 16.8 Å². The van der Waals surface area contributed by atoms with Crippen LogP contribution in [0.5, 0.6) is 0 Å². The molecule has 2 rings (SSSR count). The second-order valence-corrected chi connectivity index (χ2v) is 7.93. The average molecular weight is 429 g/mol. The van der Waals surface area contributed by atoms with Crippen molar-refractivity contribution in [3.05, 3.63) is 43.5 Å². The monoisotopic (exact) mass is 429 g/mol. The van der Waals surface area contributed by atoms with E-state index in [-0.39, 0.29) is 0 Å². The zero-order chi connectivity index (χ0) is 20.4. The minimum Gasteiger partial charge on any atom is -0.390 e. The van der Waals surface area contributed by atoms with Crippen molar-refractivity contribution in [2.24, 2.45) is 5.11 Å². The van der Waals surface area contributed by atoms with E-state index in [1.807, 2.05) is 4.98 Å². The maximum atomic E-state index is 11.9. The number of hydrogen-bond donors (Lipinski definition) is 5. The number of rotatable bonds is 7. The van der Waals surface area contributed by atoms with Crippen LogP contribution in [0.3, 0.4) is 0 Å². The second kappa shape index (κ2) is 8.04. The third-order valence-corrected chi connectivity index (χ3v) is 5.41. The molecule has 0 saturated carbocycles. The standard InChI is InChI=1S/C9H13N5O11P2/c10-13-12-6-7(16)4(3-23-27(21,22)25-26(18,19)20)24-8(6)14-2-1-5(15)11-9(14)17/h1-2,4,6-8,16H,3H2,(H,21,22)(H,11,15,17)(H2,18,19,20). The van der Waals surface area contributed by atoms with Gasteiger partial charge in [-0.25, -0.2) is 13.9 Å². The zero-order valence-electron chi connectivity index (χ0n) is 13.0. The van der Waals surface area contributed by atoms with E-state index < -0.39 is 58.0 Å². The van der Waals surface area contributed by atoms with Gasteiger partial charge in [0.05, 0.1) is 12.7 Å². The topological polar surface area (TPSA) is 246 Å². The summed E-state index contributed by atoms with van der Waals surface area (Å²) in [6.07, 6.45) is -3.49. The predicted molar refractivity (Wildman–Crippen MR) is 83.1 cm³/mol. The highest BCUT2D eigenvalue weighted by atomic mass is 31.3. The molecule has 5 unspecified atom stereocenters. The first-order chi connectivity index (χ1) is 12.4. The largest absolute Gasteiger partial charge is 0.481 e. The lowest BCUT2D eigenvalue weighted by Crippen LogP contribution is -2.36. The molecule has 1 aliphatic rings. The predicted octanol–water partition coefficient (Wildman–Crippen LogP) is -1.30. The Hall–Kier alpha value is -1.83. The molecule has 1 aliphatic heterocycles. The van der Waals surface area contributed by atoms with Crippen molar-refractivity contribution in [2.45, 2.75) is 24.5 Å². The lowest BCUT2D eigenvalue weighted by atomic mass is 10.1. The van der Waals surface area contributed by atoms with Crippen LogP contribution in [0.25, 0.3) is 10.4 Å². The van der Waals surface area contributed by atoms with E-state index in [9.17, 15) is 28.7 Å². The highest BCUT2D eigenvalue weighted by molar-refractivity contribution is 7.60. The minimum absolute atomic E-state index is 0.717. The molecule has 18 heteroatoms. The van der Waals surface area contributed by atoms with Gasteiger partial charge in [-0.2, -0.15) is 4.31 Å². The lowest BCUT2D eigenvalue weighted by Gasteiger charge is -2.18. The molecule has 0 aromatic carbocycles. The van der Waals surface area contributed by atoms with E-state index in [1.54, 1.807) is 0 Å². The summed E-state index contributed by atoms with van der Waals surface area (Å²) < 4.78 is 36.1. The molecule has 1 aromatic rings. The van der Waals surface area contributed by atoms with Gasteiger partial charge in [-0.15, -0.1) is 0 Å². The highest BCUT2D eigenvalue weighted by Crippen LogP contribution is 2.57. The van der Waals surface area contributed by atoms with Gasteiger partial charge in [-0.05, 0) is 5.53 Å². The Morgan fingerprint density at radius 1 is 1.37 bits per heavy atom. The van der Waals surface area contributed by atoms with Crippen molar-refractivity contribution < 1.29 is 42.5 Å². The van der Waals surface area contributed by atoms with Crippen LogP contribution in [0.2, 0.25) is 0 Å². The number of aromatic amines is 1. The van der Waals surface area contributed by atoms with Crippen LogP contribution in [0.4, 0.5) is 0 Å². The molecule has 5 N–H and O–H groups in total. The van der Waals surface area contributed by atoms with Crippen LogP contribution in [0.15, 0.2) is 27.0 Å². The van der Waals surface area contributed by atoms with E-state index in [4.69, 9.17) is 20.1 Å². The fourth-order valence-electron chi connectivity index (χ4n) is 2.23. The summed E-state index contributed by atoms with van der Waals surface area (Å²) >= 11 is 0. The number of phosphoric acid groups is 2. The molecule has 0 bridgehead atoms. The van der Waals surface area contributed by atoms with Crippen molar-refractivity contribution in [1.82, 2.24) is 9.55 Å². The summed E-state index contributed by atoms with van der Waals surface area (Å²) in [5.41, 5.74) is 6.96. The summed E-state index contributed by atoms with van der Waals surface area (Å²) in [6.45, 7) is -0.916. The van der Waals surface area contributed by atoms with Crippen LogP contribution in [0, 0.1) is 0 Å². The van der Waals surface area contributed by atoms with Gasteiger partial charge >= 0.3 is 21.3 Å². The lowest BCUT2D eigenvalue weighted by molar-refractivity contribution is -0.0455. The fourth-order valence-corrected chi connectivity index (χ4v) is 3.83. The molecule has 0 radical (unpaired) electrons. The molecule has 16 nitrogen and oxygen atoms in total. The van der Waals surface area contributed by atoms with E-state index >= 15 is 0 Å². The van der Waals surface area contributed by atoms with Gasteiger partial charge in [-0.3, -0.25) is 18.9 Å². The van der Waals surface area contributed by atoms with Crippen molar-refractivity contribution in [2.75, 3.05) is 6.61 Å². The molecule has 0 spiro atoms. The Kier molecular flexibility index (Phi) is 6.39. The summed E-state index contributed by atoms with van der Waals surface area (Å²) in [5, 5.41) is 13.5. The first-order valence-electron chi connectivity index (χ1n) is 6.87. The maximum absolute atomic E-state index is 11.9. The molecule has 2 heterocycles. The van der Waals surface area contributed by atoms with E-state index in [1.165, 1.54) is 0 Å². The van der Waals surface area contributed by atoms with Crippen LogP contribution in [-0.4, -0.2) is 54.2 Å². The first-order valence-corrected chi connectivity index (χ1v) is 9.89. The number of ether oxygens (including phenoxy) is 1. The van der Waals surface area contributed by atoms with Gasteiger partial charge in [0.1, 0.15) is 18.4 Å². The first kappa shape index (κ1) is 21.5. The molecular weight excluding hydrogens is 416 g/mol. The van der Waals surface area contributed by atoms with Crippen LogP contribution >= 0.6 is 15.6 Å². The third kappa shape index (κ3) is 5.57. The Balaban J connectivity index is 2.22. The molecule has 1 fully saturated rings. The number of H-pyrrole nitrogens is 1. The van der Waals surface area contributed by atoms with E-state index in [0.29, 0.717) is 0 Å². The molecule has 27 heavy (non-hydrogen) atoms. The van der Waals surface area contributed by atoms with Gasteiger partial charge in [-0.1, -0.05) is 5.11 Å². The summed E-state index contributed by atoms with van der Waals surface area (Å²) in [4.78, 5) is 53.7. The summed E-state index contributed by atoms with van der Waals surface area (Å²) in [6, 6.07) is -0.433. The molecular formula is C9H13N5O11P2. The van der Waals surface area contributed by atoms with Crippen molar-refractivity contribution in [1.29, 1.82) is 0 Å². The number of nitrogens with zero attached hydrogens (tertiary/aromatic N) is 4. The SMILES string of the molecule is [N-]=[N+]=NC1C(O)C(COP(=O)(O)OP(=O)(O)O)OC1n1ccc(=O)[nH]c1=O. The molecule has 1 aromatic heterocycles. The normalized spacial score (nSPS) is 27.7. The van der Waals surface area contributed by atoms with Crippen molar-refractivity contribution in [3.63, 3.8) is 0 Å².